The van der Waals surface area contributed by atoms with E-state index in [2.05, 4.69) is 36.3 Å². The molecule has 0 radical (unpaired) electrons. The third-order valence-corrected chi connectivity index (χ3v) is 4.37. The van der Waals surface area contributed by atoms with E-state index in [1.807, 2.05) is 55.5 Å². The summed E-state index contributed by atoms with van der Waals surface area (Å²) in [6.07, 6.45) is 0.696. The highest BCUT2D eigenvalue weighted by molar-refractivity contribution is 5.90. The van der Waals surface area contributed by atoms with E-state index in [0.717, 1.165) is 11.3 Å². The van der Waals surface area contributed by atoms with E-state index in [9.17, 15) is 4.79 Å². The number of nitrogens with one attached hydrogen (secondary N) is 1. The summed E-state index contributed by atoms with van der Waals surface area (Å²) in [5.74, 6) is 0.862. The Morgan fingerprint density at radius 2 is 1.67 bits per heavy atom. The Bertz CT molecular complexity index is 904. The van der Waals surface area contributed by atoms with Crippen molar-refractivity contribution in [3.63, 3.8) is 0 Å². The van der Waals surface area contributed by atoms with Crippen LogP contribution in [0.1, 0.15) is 44.2 Å². The molecule has 0 aliphatic carbocycles. The Kier molecular flexibility index (Phi) is 5.40. The number of hydrogen-bond acceptors (Lipinski definition) is 4. The van der Waals surface area contributed by atoms with Crippen LogP contribution in [0.4, 0.5) is 5.69 Å². The van der Waals surface area contributed by atoms with Crippen molar-refractivity contribution in [2.45, 2.75) is 46.0 Å². The van der Waals surface area contributed by atoms with Gasteiger partial charge in [0.05, 0.1) is 0 Å². The van der Waals surface area contributed by atoms with E-state index in [1.165, 1.54) is 11.1 Å². The van der Waals surface area contributed by atoms with Crippen LogP contribution in [0.3, 0.4) is 0 Å². The average molecular weight is 363 g/mol. The largest absolute Gasteiger partial charge is 0.421 e. The molecule has 0 bridgehead atoms. The van der Waals surface area contributed by atoms with Gasteiger partial charge in [-0.15, -0.1) is 10.2 Å². The number of amides is 1. The van der Waals surface area contributed by atoms with Crippen molar-refractivity contribution in [2.24, 2.45) is 0 Å². The molecule has 5 heteroatoms. The molecule has 0 spiro atoms. The molecule has 27 heavy (non-hydrogen) atoms. The molecule has 3 rings (SSSR count). The second kappa shape index (κ2) is 7.74. The summed E-state index contributed by atoms with van der Waals surface area (Å²) in [7, 11) is 0. The quantitative estimate of drug-likeness (QED) is 0.699. The number of anilines is 1. The molecule has 1 amide bonds. The predicted octanol–water partition coefficient (Wildman–Crippen LogP) is 4.91. The Hall–Kier alpha value is -2.95. The van der Waals surface area contributed by atoms with Gasteiger partial charge >= 0.3 is 0 Å². The summed E-state index contributed by atoms with van der Waals surface area (Å²) in [4.78, 5) is 12.2. The molecule has 1 N–H and O–H groups in total. The third kappa shape index (κ3) is 5.03. The predicted molar refractivity (Wildman–Crippen MR) is 107 cm³/mol. The second-order valence-corrected chi connectivity index (χ2v) is 7.74. The minimum absolute atomic E-state index is 0.0754. The zero-order valence-electron chi connectivity index (χ0n) is 16.2. The summed E-state index contributed by atoms with van der Waals surface area (Å²) < 4.78 is 5.66. The van der Waals surface area contributed by atoms with Crippen molar-refractivity contribution in [1.29, 1.82) is 0 Å². The molecule has 0 aliphatic heterocycles. The van der Waals surface area contributed by atoms with Gasteiger partial charge in [-0.25, -0.2) is 0 Å². The molecular formula is C22H25N3O2. The van der Waals surface area contributed by atoms with E-state index in [0.29, 0.717) is 18.2 Å². The maximum Gasteiger partial charge on any atom is 0.247 e. The summed E-state index contributed by atoms with van der Waals surface area (Å²) in [5, 5.41) is 11.0. The van der Waals surface area contributed by atoms with E-state index in [1.54, 1.807) is 0 Å². The maximum atomic E-state index is 12.2. The van der Waals surface area contributed by atoms with Crippen LogP contribution >= 0.6 is 0 Å². The van der Waals surface area contributed by atoms with Gasteiger partial charge in [0.2, 0.25) is 17.7 Å². The van der Waals surface area contributed by atoms with Gasteiger partial charge in [0, 0.05) is 24.1 Å². The van der Waals surface area contributed by atoms with Crippen molar-refractivity contribution in [1.82, 2.24) is 10.2 Å². The zero-order valence-corrected chi connectivity index (χ0v) is 16.2. The van der Waals surface area contributed by atoms with Gasteiger partial charge in [0.1, 0.15) is 0 Å². The van der Waals surface area contributed by atoms with Crippen molar-refractivity contribution in [3.8, 4) is 11.5 Å². The Morgan fingerprint density at radius 3 is 2.30 bits per heavy atom. The highest BCUT2D eigenvalue weighted by atomic mass is 16.4. The first-order valence-electron chi connectivity index (χ1n) is 9.11. The Labute approximate surface area is 159 Å². The lowest BCUT2D eigenvalue weighted by Gasteiger charge is -2.19. The smallest absolute Gasteiger partial charge is 0.247 e. The third-order valence-electron chi connectivity index (χ3n) is 4.37. The Morgan fingerprint density at radius 1 is 1.00 bits per heavy atom. The first-order chi connectivity index (χ1) is 12.8. The van der Waals surface area contributed by atoms with Gasteiger partial charge in [-0.2, -0.15) is 0 Å². The molecule has 0 saturated heterocycles. The molecule has 0 atom stereocenters. The van der Waals surface area contributed by atoms with Crippen molar-refractivity contribution in [3.05, 3.63) is 65.5 Å². The van der Waals surface area contributed by atoms with Gasteiger partial charge in [-0.05, 0) is 42.2 Å². The lowest BCUT2D eigenvalue weighted by molar-refractivity contribution is -0.116. The molecule has 0 saturated carbocycles. The number of carbonyl (C=O) groups excluding carboxylic acids is 1. The van der Waals surface area contributed by atoms with Crippen LogP contribution in [-0.2, 0) is 16.6 Å². The van der Waals surface area contributed by atoms with Crippen LogP contribution in [0.2, 0.25) is 0 Å². The SMILES string of the molecule is Cc1ccc(-c2nnc(CCC(=O)Nc3ccc(C(C)(C)C)cc3)o2)cc1. The molecule has 1 aromatic heterocycles. The molecule has 140 valence electrons. The number of rotatable bonds is 5. The maximum absolute atomic E-state index is 12.2. The van der Waals surface area contributed by atoms with E-state index >= 15 is 0 Å². The number of nitrogens with zero attached hydrogens (tertiary/aromatic N) is 2. The summed E-state index contributed by atoms with van der Waals surface area (Å²) in [6, 6.07) is 15.8. The number of benzene rings is 2. The standard InChI is InChI=1S/C22H25N3O2/c1-15-5-7-16(8-6-15)21-25-24-20(27-21)14-13-19(26)23-18-11-9-17(10-12-18)22(2,3)4/h5-12H,13-14H2,1-4H3,(H,23,26). The first-order valence-corrected chi connectivity index (χ1v) is 9.11. The Balaban J connectivity index is 1.54. The highest BCUT2D eigenvalue weighted by Gasteiger charge is 2.14. The molecule has 1 heterocycles. The minimum atomic E-state index is -0.0754. The van der Waals surface area contributed by atoms with E-state index in [4.69, 9.17) is 4.42 Å². The molecule has 5 nitrogen and oxygen atoms in total. The molecule has 0 fully saturated rings. The van der Waals surface area contributed by atoms with E-state index in [-0.39, 0.29) is 17.7 Å². The molecule has 2 aromatic carbocycles. The van der Waals surface area contributed by atoms with Crippen LogP contribution in [0, 0.1) is 6.92 Å². The van der Waals surface area contributed by atoms with Crippen molar-refractivity contribution >= 4 is 11.6 Å². The number of hydrogen-bond donors (Lipinski definition) is 1. The topological polar surface area (TPSA) is 68.0 Å². The number of aromatic nitrogens is 2. The monoisotopic (exact) mass is 363 g/mol. The second-order valence-electron chi connectivity index (χ2n) is 7.74. The lowest BCUT2D eigenvalue weighted by atomic mass is 9.87. The van der Waals surface area contributed by atoms with Gasteiger partial charge < -0.3 is 9.73 Å². The highest BCUT2D eigenvalue weighted by Crippen LogP contribution is 2.23. The zero-order chi connectivity index (χ0) is 19.4. The van der Waals surface area contributed by atoms with Crippen LogP contribution in [0.15, 0.2) is 52.9 Å². The van der Waals surface area contributed by atoms with Gasteiger partial charge in [0.25, 0.3) is 0 Å². The fourth-order valence-corrected chi connectivity index (χ4v) is 2.66. The number of aryl methyl sites for hydroxylation is 2. The first kappa shape index (κ1) is 18.8. The molecule has 0 unspecified atom stereocenters. The fraction of sp³-hybridized carbons (Fsp3) is 0.318. The van der Waals surface area contributed by atoms with Crippen molar-refractivity contribution in [2.75, 3.05) is 5.32 Å². The van der Waals surface area contributed by atoms with Crippen molar-refractivity contribution < 1.29 is 9.21 Å². The van der Waals surface area contributed by atoms with Crippen LogP contribution < -0.4 is 5.32 Å². The summed E-state index contributed by atoms with van der Waals surface area (Å²) in [6.45, 7) is 8.51. The van der Waals surface area contributed by atoms with Crippen LogP contribution in [0.25, 0.3) is 11.5 Å². The van der Waals surface area contributed by atoms with E-state index < -0.39 is 0 Å². The number of carbonyl (C=O) groups is 1. The van der Waals surface area contributed by atoms with Gasteiger partial charge in [0.15, 0.2) is 0 Å². The van der Waals surface area contributed by atoms with Gasteiger partial charge in [-0.3, -0.25) is 4.79 Å². The minimum Gasteiger partial charge on any atom is -0.421 e. The normalized spacial score (nSPS) is 11.4. The lowest BCUT2D eigenvalue weighted by Crippen LogP contribution is -2.14. The van der Waals surface area contributed by atoms with Crippen LogP contribution in [-0.4, -0.2) is 16.1 Å². The molecule has 0 aliphatic rings. The fourth-order valence-electron chi connectivity index (χ4n) is 2.66. The summed E-state index contributed by atoms with van der Waals surface area (Å²) >= 11 is 0. The van der Waals surface area contributed by atoms with Crippen LogP contribution in [0.5, 0.6) is 0 Å². The average Bonchev–Trinajstić information content (AvgIpc) is 3.09. The molecule has 3 aromatic rings. The summed E-state index contributed by atoms with van der Waals surface area (Å²) in [5.41, 5.74) is 4.16. The van der Waals surface area contributed by atoms with Gasteiger partial charge in [-0.1, -0.05) is 50.6 Å². The molecular weight excluding hydrogens is 338 g/mol.